The van der Waals surface area contributed by atoms with E-state index in [1.54, 1.807) is 17.6 Å². The van der Waals surface area contributed by atoms with Gasteiger partial charge < -0.3 is 9.73 Å². The smallest absolute Gasteiger partial charge is 0.224 e. The average Bonchev–Trinajstić information content (AvgIpc) is 3.38. The number of benzene rings is 2. The number of rotatable bonds is 5. The van der Waals surface area contributed by atoms with Crippen LogP contribution in [0, 0.1) is 0 Å². The van der Waals surface area contributed by atoms with Gasteiger partial charge in [-0.25, -0.2) is 4.98 Å². The van der Waals surface area contributed by atoms with Crippen molar-refractivity contribution in [2.24, 2.45) is 0 Å². The predicted octanol–water partition coefficient (Wildman–Crippen LogP) is 4.43. The Bertz CT molecular complexity index is 1110. The first-order valence-electron chi connectivity index (χ1n) is 9.39. The molecule has 2 aromatic heterocycles. The molecule has 1 N–H and O–H groups in total. The molecule has 1 aliphatic carbocycles. The number of para-hydroxylation sites is 1. The summed E-state index contributed by atoms with van der Waals surface area (Å²) in [7, 11) is 0. The van der Waals surface area contributed by atoms with Crippen LogP contribution in [0.1, 0.15) is 28.1 Å². The lowest BCUT2D eigenvalue weighted by Gasteiger charge is -2.04. The number of fused-ring (bicyclic) bond motifs is 3. The van der Waals surface area contributed by atoms with Gasteiger partial charge in [-0.2, -0.15) is 0 Å². The Balaban J connectivity index is 1.22. The van der Waals surface area contributed by atoms with Crippen LogP contribution in [0.2, 0.25) is 0 Å². The number of carbonyl (C=O) groups excluding carboxylic acids is 1. The van der Waals surface area contributed by atoms with Crippen LogP contribution in [0.5, 0.6) is 0 Å². The summed E-state index contributed by atoms with van der Waals surface area (Å²) >= 11 is 1.69. The fourth-order valence-corrected chi connectivity index (χ4v) is 4.82. The monoisotopic (exact) mass is 376 g/mol. The minimum absolute atomic E-state index is 0.0271. The molecule has 1 amide bonds. The van der Waals surface area contributed by atoms with E-state index >= 15 is 0 Å². The Morgan fingerprint density at radius 1 is 1.19 bits per heavy atom. The Morgan fingerprint density at radius 3 is 2.93 bits per heavy atom. The third kappa shape index (κ3) is 3.23. The standard InChI is InChI=1S/C22H20N2O2S/c25-21(23-9-8-22-24-18-6-1-2-7-20(18)27-22)12-16-13-26-19-11-15-5-3-4-14(15)10-17(16)19/h1-2,6-7,10-11,13H,3-5,8-9,12H2,(H,23,25). The van der Waals surface area contributed by atoms with Crippen molar-refractivity contribution < 1.29 is 9.21 Å². The van der Waals surface area contributed by atoms with Crippen molar-refractivity contribution in [2.75, 3.05) is 6.54 Å². The van der Waals surface area contributed by atoms with Gasteiger partial charge in [0, 0.05) is 23.9 Å². The van der Waals surface area contributed by atoms with Gasteiger partial charge in [0.05, 0.1) is 27.9 Å². The number of furan rings is 1. The first-order valence-corrected chi connectivity index (χ1v) is 10.2. The summed E-state index contributed by atoms with van der Waals surface area (Å²) in [5, 5.41) is 5.15. The van der Waals surface area contributed by atoms with Gasteiger partial charge >= 0.3 is 0 Å². The number of hydrogen-bond acceptors (Lipinski definition) is 4. The number of hydrogen-bond donors (Lipinski definition) is 1. The lowest BCUT2D eigenvalue weighted by molar-refractivity contribution is -0.120. The number of amides is 1. The fraction of sp³-hybridized carbons (Fsp3) is 0.273. The highest BCUT2D eigenvalue weighted by molar-refractivity contribution is 7.18. The molecular weight excluding hydrogens is 356 g/mol. The molecule has 5 heteroatoms. The molecule has 0 atom stereocenters. The normalized spacial score (nSPS) is 13.3. The molecule has 27 heavy (non-hydrogen) atoms. The van der Waals surface area contributed by atoms with Crippen molar-refractivity contribution in [3.8, 4) is 0 Å². The third-order valence-electron chi connectivity index (χ3n) is 5.22. The van der Waals surface area contributed by atoms with Crippen molar-refractivity contribution in [3.05, 3.63) is 64.4 Å². The van der Waals surface area contributed by atoms with E-state index < -0.39 is 0 Å². The van der Waals surface area contributed by atoms with Crippen molar-refractivity contribution in [1.29, 1.82) is 0 Å². The third-order valence-corrected chi connectivity index (χ3v) is 6.31. The fourth-order valence-electron chi connectivity index (χ4n) is 3.86. The lowest BCUT2D eigenvalue weighted by atomic mass is 10.0. The predicted molar refractivity (Wildman–Crippen MR) is 108 cm³/mol. The molecule has 0 saturated carbocycles. The maximum absolute atomic E-state index is 12.4. The molecule has 1 aliphatic rings. The van der Waals surface area contributed by atoms with E-state index in [9.17, 15) is 4.79 Å². The molecule has 0 spiro atoms. The van der Waals surface area contributed by atoms with Gasteiger partial charge in [-0.15, -0.1) is 11.3 Å². The molecule has 0 radical (unpaired) electrons. The topological polar surface area (TPSA) is 55.1 Å². The van der Waals surface area contributed by atoms with E-state index in [0.29, 0.717) is 13.0 Å². The summed E-state index contributed by atoms with van der Waals surface area (Å²) in [6, 6.07) is 12.5. The van der Waals surface area contributed by atoms with Crippen molar-refractivity contribution in [2.45, 2.75) is 32.1 Å². The summed E-state index contributed by atoms with van der Waals surface area (Å²) in [6.45, 7) is 0.601. The second kappa shape index (κ2) is 6.82. The van der Waals surface area contributed by atoms with Gasteiger partial charge in [-0.3, -0.25) is 4.79 Å². The highest BCUT2D eigenvalue weighted by atomic mass is 32.1. The zero-order chi connectivity index (χ0) is 18.2. The molecule has 0 fully saturated rings. The van der Waals surface area contributed by atoms with Crippen LogP contribution < -0.4 is 5.32 Å². The van der Waals surface area contributed by atoms with E-state index in [2.05, 4.69) is 28.5 Å². The van der Waals surface area contributed by atoms with Gasteiger partial charge in [0.2, 0.25) is 5.91 Å². The zero-order valence-electron chi connectivity index (χ0n) is 15.0. The Hall–Kier alpha value is -2.66. The van der Waals surface area contributed by atoms with Crippen molar-refractivity contribution in [3.63, 3.8) is 0 Å². The molecule has 0 aliphatic heterocycles. The molecule has 0 bridgehead atoms. The zero-order valence-corrected chi connectivity index (χ0v) is 15.8. The SMILES string of the molecule is O=C(Cc1coc2cc3c(cc12)CCC3)NCCc1nc2ccccc2s1. The van der Waals surface area contributed by atoms with E-state index in [1.165, 1.54) is 22.2 Å². The molecule has 0 unspecified atom stereocenters. The van der Waals surface area contributed by atoms with Crippen LogP contribution in [0.15, 0.2) is 47.1 Å². The number of thiazole rings is 1. The van der Waals surface area contributed by atoms with Crippen LogP contribution in [-0.2, 0) is 30.5 Å². The summed E-state index contributed by atoms with van der Waals surface area (Å²) in [5.41, 5.74) is 5.69. The quantitative estimate of drug-likeness (QED) is 0.560. The minimum atomic E-state index is 0.0271. The minimum Gasteiger partial charge on any atom is -0.464 e. The van der Waals surface area contributed by atoms with Crippen molar-refractivity contribution >= 4 is 38.4 Å². The number of aryl methyl sites for hydroxylation is 2. The molecular formula is C22H20N2O2S. The van der Waals surface area contributed by atoms with E-state index in [0.717, 1.165) is 46.3 Å². The van der Waals surface area contributed by atoms with Crippen LogP contribution >= 0.6 is 11.3 Å². The van der Waals surface area contributed by atoms with Crippen LogP contribution in [0.3, 0.4) is 0 Å². The Kier molecular flexibility index (Phi) is 4.17. The van der Waals surface area contributed by atoms with Gasteiger partial charge in [0.15, 0.2) is 0 Å². The van der Waals surface area contributed by atoms with Crippen LogP contribution in [0.4, 0.5) is 0 Å². The average molecular weight is 376 g/mol. The number of carbonyl (C=O) groups is 1. The first kappa shape index (κ1) is 16.5. The molecule has 4 aromatic rings. The van der Waals surface area contributed by atoms with Crippen LogP contribution in [0.25, 0.3) is 21.2 Å². The molecule has 2 aromatic carbocycles. The Labute approximate surface area is 161 Å². The second-order valence-electron chi connectivity index (χ2n) is 7.08. The summed E-state index contributed by atoms with van der Waals surface area (Å²) in [6.07, 6.45) is 6.31. The molecule has 2 heterocycles. The number of nitrogens with one attached hydrogen (secondary N) is 1. The van der Waals surface area contributed by atoms with Crippen molar-refractivity contribution in [1.82, 2.24) is 10.3 Å². The van der Waals surface area contributed by atoms with E-state index in [-0.39, 0.29) is 5.91 Å². The number of aromatic nitrogens is 1. The first-order chi connectivity index (χ1) is 13.3. The highest BCUT2D eigenvalue weighted by Gasteiger charge is 2.16. The number of nitrogens with zero attached hydrogens (tertiary/aromatic N) is 1. The Morgan fingerprint density at radius 2 is 2.04 bits per heavy atom. The summed E-state index contributed by atoms with van der Waals surface area (Å²) < 4.78 is 6.89. The van der Waals surface area contributed by atoms with Gasteiger partial charge in [-0.05, 0) is 54.7 Å². The van der Waals surface area contributed by atoms with E-state index in [1.807, 2.05) is 18.2 Å². The maximum atomic E-state index is 12.4. The molecule has 136 valence electrons. The van der Waals surface area contributed by atoms with Gasteiger partial charge in [0.1, 0.15) is 5.58 Å². The summed E-state index contributed by atoms with van der Waals surface area (Å²) in [5.74, 6) is 0.0271. The van der Waals surface area contributed by atoms with E-state index in [4.69, 9.17) is 4.42 Å². The van der Waals surface area contributed by atoms with Gasteiger partial charge in [-0.1, -0.05) is 12.1 Å². The molecule has 0 saturated heterocycles. The second-order valence-corrected chi connectivity index (χ2v) is 8.20. The molecule has 5 rings (SSSR count). The molecule has 4 nitrogen and oxygen atoms in total. The summed E-state index contributed by atoms with van der Waals surface area (Å²) in [4.78, 5) is 17.0. The largest absolute Gasteiger partial charge is 0.464 e. The lowest BCUT2D eigenvalue weighted by Crippen LogP contribution is -2.27. The van der Waals surface area contributed by atoms with Gasteiger partial charge in [0.25, 0.3) is 0 Å². The maximum Gasteiger partial charge on any atom is 0.224 e. The highest BCUT2D eigenvalue weighted by Crippen LogP contribution is 2.30. The van der Waals surface area contributed by atoms with Crippen LogP contribution in [-0.4, -0.2) is 17.4 Å².